The van der Waals surface area contributed by atoms with Crippen LogP contribution in [0.15, 0.2) is 42.6 Å². The van der Waals surface area contributed by atoms with Crippen molar-refractivity contribution in [3.63, 3.8) is 0 Å². The molecule has 0 fully saturated rings. The molecule has 2 heterocycles. The Morgan fingerprint density at radius 3 is 2.64 bits per heavy atom. The lowest BCUT2D eigenvalue weighted by Gasteiger charge is -2.10. The number of hydrogen-bond acceptors (Lipinski definition) is 4. The Labute approximate surface area is 158 Å². The number of amides is 1. The number of rotatable bonds is 5. The van der Waals surface area contributed by atoms with Gasteiger partial charge in [0.25, 0.3) is 5.91 Å². The Morgan fingerprint density at radius 2 is 1.92 bits per heavy atom. The summed E-state index contributed by atoms with van der Waals surface area (Å²) in [6.07, 6.45) is 1.59. The summed E-state index contributed by atoms with van der Waals surface area (Å²) in [5.41, 5.74) is 0.795. The molecule has 0 unspecified atom stereocenters. The first-order valence-corrected chi connectivity index (χ1v) is 8.90. The van der Waals surface area contributed by atoms with Crippen molar-refractivity contribution in [2.24, 2.45) is 0 Å². The van der Waals surface area contributed by atoms with Crippen molar-refractivity contribution >= 4 is 52.0 Å². The van der Waals surface area contributed by atoms with E-state index in [9.17, 15) is 9.59 Å². The van der Waals surface area contributed by atoms with Gasteiger partial charge in [-0.2, -0.15) is 5.10 Å². The van der Waals surface area contributed by atoms with Crippen LogP contribution in [0.4, 0.5) is 5.82 Å². The normalized spacial score (nSPS) is 10.7. The highest BCUT2D eigenvalue weighted by atomic mass is 35.5. The number of thiophene rings is 1. The standard InChI is InChI=1S/C17H13Cl2N3O2S/c1-10(23)13-5-6-14(25-13)17(24)21-15-7-8-20-22(15)9-11-3-2-4-12(18)16(11)19/h2-8H,9H2,1H3,(H,21,24). The van der Waals surface area contributed by atoms with E-state index in [0.29, 0.717) is 32.2 Å². The number of ketones is 1. The number of nitrogens with one attached hydrogen (secondary N) is 1. The lowest BCUT2D eigenvalue weighted by molar-refractivity contribution is 0.101. The first-order chi connectivity index (χ1) is 12.0. The van der Waals surface area contributed by atoms with Gasteiger partial charge in [-0.15, -0.1) is 11.3 Å². The minimum absolute atomic E-state index is 0.0651. The summed E-state index contributed by atoms with van der Waals surface area (Å²) in [6.45, 7) is 1.84. The van der Waals surface area contributed by atoms with Gasteiger partial charge in [-0.3, -0.25) is 9.59 Å². The zero-order valence-corrected chi connectivity index (χ0v) is 15.5. The third kappa shape index (κ3) is 3.92. The molecule has 0 aliphatic heterocycles. The van der Waals surface area contributed by atoms with E-state index in [1.807, 2.05) is 6.07 Å². The molecule has 25 heavy (non-hydrogen) atoms. The number of aromatic nitrogens is 2. The number of carbonyl (C=O) groups excluding carboxylic acids is 2. The fourth-order valence-electron chi connectivity index (χ4n) is 2.22. The zero-order valence-electron chi connectivity index (χ0n) is 13.1. The molecule has 1 aromatic carbocycles. The summed E-state index contributed by atoms with van der Waals surface area (Å²) in [4.78, 5) is 24.7. The van der Waals surface area contributed by atoms with Crippen LogP contribution in [0.3, 0.4) is 0 Å². The van der Waals surface area contributed by atoms with Crippen LogP contribution in [0.25, 0.3) is 0 Å². The van der Waals surface area contributed by atoms with Gasteiger partial charge >= 0.3 is 0 Å². The van der Waals surface area contributed by atoms with Gasteiger partial charge in [0.05, 0.1) is 32.5 Å². The number of carbonyl (C=O) groups is 2. The minimum atomic E-state index is -0.295. The molecule has 2 aromatic heterocycles. The molecule has 128 valence electrons. The highest BCUT2D eigenvalue weighted by Crippen LogP contribution is 2.27. The molecule has 3 rings (SSSR count). The molecule has 1 N–H and O–H groups in total. The van der Waals surface area contributed by atoms with E-state index in [0.717, 1.165) is 16.9 Å². The molecule has 5 nitrogen and oxygen atoms in total. The van der Waals surface area contributed by atoms with Crippen LogP contribution < -0.4 is 5.32 Å². The van der Waals surface area contributed by atoms with Crippen LogP contribution in [-0.2, 0) is 6.54 Å². The van der Waals surface area contributed by atoms with Gasteiger partial charge in [-0.1, -0.05) is 35.3 Å². The average Bonchev–Trinajstić information content (AvgIpc) is 3.22. The molecular formula is C17H13Cl2N3O2S. The first kappa shape index (κ1) is 17.7. The first-order valence-electron chi connectivity index (χ1n) is 7.32. The summed E-state index contributed by atoms with van der Waals surface area (Å²) >= 11 is 13.4. The molecule has 0 saturated carbocycles. The average molecular weight is 394 g/mol. The van der Waals surface area contributed by atoms with Crippen molar-refractivity contribution < 1.29 is 9.59 Å². The van der Waals surface area contributed by atoms with Crippen molar-refractivity contribution in [1.82, 2.24) is 9.78 Å². The van der Waals surface area contributed by atoms with Crippen LogP contribution in [0.2, 0.25) is 10.0 Å². The monoisotopic (exact) mass is 393 g/mol. The summed E-state index contributed by atoms with van der Waals surface area (Å²) in [5.74, 6) is 0.167. The smallest absolute Gasteiger partial charge is 0.266 e. The van der Waals surface area contributed by atoms with E-state index in [4.69, 9.17) is 23.2 Å². The summed E-state index contributed by atoms with van der Waals surface area (Å²) < 4.78 is 1.62. The predicted octanol–water partition coefficient (Wildman–Crippen LogP) is 4.75. The molecule has 0 atom stereocenters. The van der Waals surface area contributed by atoms with Crippen molar-refractivity contribution in [2.75, 3.05) is 5.32 Å². The Bertz CT molecular complexity index is 949. The number of nitrogens with zero attached hydrogens (tertiary/aromatic N) is 2. The molecule has 1 amide bonds. The maximum absolute atomic E-state index is 12.4. The van der Waals surface area contributed by atoms with Crippen LogP contribution in [-0.4, -0.2) is 21.5 Å². The van der Waals surface area contributed by atoms with Crippen LogP contribution in [0.5, 0.6) is 0 Å². The van der Waals surface area contributed by atoms with Crippen molar-refractivity contribution in [1.29, 1.82) is 0 Å². The number of hydrogen-bond donors (Lipinski definition) is 1. The molecule has 0 saturated heterocycles. The van der Waals surface area contributed by atoms with E-state index in [-0.39, 0.29) is 11.7 Å². The van der Waals surface area contributed by atoms with Gasteiger partial charge in [0.1, 0.15) is 5.82 Å². The lowest BCUT2D eigenvalue weighted by Crippen LogP contribution is -2.15. The fraction of sp³-hybridized carbons (Fsp3) is 0.118. The van der Waals surface area contributed by atoms with Gasteiger partial charge in [0.15, 0.2) is 5.78 Å². The van der Waals surface area contributed by atoms with Crippen LogP contribution in [0, 0.1) is 0 Å². The minimum Gasteiger partial charge on any atom is -0.306 e. The third-order valence-electron chi connectivity index (χ3n) is 3.49. The van der Waals surface area contributed by atoms with Crippen molar-refractivity contribution in [2.45, 2.75) is 13.5 Å². The van der Waals surface area contributed by atoms with Gasteiger partial charge in [-0.25, -0.2) is 4.68 Å². The quantitative estimate of drug-likeness (QED) is 0.635. The second kappa shape index (κ2) is 7.39. The number of halogens is 2. The van der Waals surface area contributed by atoms with Gasteiger partial charge in [0, 0.05) is 6.07 Å². The summed E-state index contributed by atoms with van der Waals surface area (Å²) in [7, 11) is 0. The predicted molar refractivity (Wildman–Crippen MR) is 100 cm³/mol. The third-order valence-corrected chi connectivity index (χ3v) is 5.53. The Morgan fingerprint density at radius 1 is 1.16 bits per heavy atom. The second-order valence-electron chi connectivity index (χ2n) is 5.26. The lowest BCUT2D eigenvalue weighted by atomic mass is 10.2. The number of anilines is 1. The summed E-state index contributed by atoms with van der Waals surface area (Å²) in [5, 5.41) is 7.93. The van der Waals surface area contributed by atoms with Gasteiger partial charge < -0.3 is 5.32 Å². The molecule has 0 bridgehead atoms. The van der Waals surface area contributed by atoms with Gasteiger partial charge in [-0.05, 0) is 30.7 Å². The molecule has 0 aliphatic rings. The summed E-state index contributed by atoms with van der Waals surface area (Å²) in [6, 6.07) is 10.3. The highest BCUT2D eigenvalue weighted by molar-refractivity contribution is 7.16. The maximum Gasteiger partial charge on any atom is 0.266 e. The molecule has 0 aliphatic carbocycles. The largest absolute Gasteiger partial charge is 0.306 e. The highest BCUT2D eigenvalue weighted by Gasteiger charge is 2.14. The molecule has 8 heteroatoms. The Kier molecular flexibility index (Phi) is 5.22. The zero-order chi connectivity index (χ0) is 18.0. The molecule has 0 radical (unpaired) electrons. The molecule has 3 aromatic rings. The van der Waals surface area contributed by atoms with E-state index >= 15 is 0 Å². The van der Waals surface area contributed by atoms with Crippen molar-refractivity contribution in [3.8, 4) is 0 Å². The van der Waals surface area contributed by atoms with E-state index in [2.05, 4.69) is 10.4 Å². The SMILES string of the molecule is CC(=O)c1ccc(C(=O)Nc2ccnn2Cc2cccc(Cl)c2Cl)s1. The Hall–Kier alpha value is -2.15. The fourth-order valence-corrected chi connectivity index (χ4v) is 3.40. The maximum atomic E-state index is 12.4. The molecule has 0 spiro atoms. The van der Waals surface area contributed by atoms with Crippen LogP contribution >= 0.6 is 34.5 Å². The number of Topliss-reactive ketones (excluding diaryl/α,β-unsaturated/α-hetero) is 1. The number of benzene rings is 1. The van der Waals surface area contributed by atoms with E-state index in [1.165, 1.54) is 6.92 Å². The van der Waals surface area contributed by atoms with Crippen LogP contribution in [0.1, 0.15) is 31.8 Å². The van der Waals surface area contributed by atoms with E-state index in [1.54, 1.807) is 41.2 Å². The second-order valence-corrected chi connectivity index (χ2v) is 7.13. The topological polar surface area (TPSA) is 64.0 Å². The Balaban J connectivity index is 1.78. The van der Waals surface area contributed by atoms with E-state index < -0.39 is 0 Å². The molecular weight excluding hydrogens is 381 g/mol. The van der Waals surface area contributed by atoms with Gasteiger partial charge in [0.2, 0.25) is 0 Å². The van der Waals surface area contributed by atoms with Crippen molar-refractivity contribution in [3.05, 3.63) is 68.0 Å².